The number of pyridine rings is 1. The Balaban J connectivity index is 1.56. The highest BCUT2D eigenvalue weighted by Crippen LogP contribution is 2.34. The van der Waals surface area contributed by atoms with Gasteiger partial charge in [0.25, 0.3) is 12.0 Å². The summed E-state index contributed by atoms with van der Waals surface area (Å²) in [7, 11) is 3.08. The first-order valence-corrected chi connectivity index (χ1v) is 16.2. The maximum atomic E-state index is 14.0. The van der Waals surface area contributed by atoms with E-state index >= 15 is 0 Å². The first kappa shape index (κ1) is 33.6. The smallest absolute Gasteiger partial charge is 0.338 e. The summed E-state index contributed by atoms with van der Waals surface area (Å²) in [6.45, 7) is 5.20. The van der Waals surface area contributed by atoms with Gasteiger partial charge < -0.3 is 14.2 Å². The number of allylic oxidation sites excluding steroid dienone is 1. The number of nitrogens with zero attached hydrogens (tertiary/aromatic N) is 4. The van der Waals surface area contributed by atoms with Gasteiger partial charge in [-0.1, -0.05) is 29.5 Å². The van der Waals surface area contributed by atoms with Crippen molar-refractivity contribution >= 4 is 35.1 Å². The van der Waals surface area contributed by atoms with E-state index in [1.807, 2.05) is 6.07 Å². The van der Waals surface area contributed by atoms with Crippen LogP contribution in [0.25, 0.3) is 6.08 Å². The molecule has 0 amide bonds. The molecule has 5 rings (SSSR count). The third kappa shape index (κ3) is 6.84. The molecule has 4 aromatic rings. The van der Waals surface area contributed by atoms with E-state index in [1.165, 1.54) is 29.1 Å². The van der Waals surface area contributed by atoms with Crippen LogP contribution in [0.4, 0.5) is 8.78 Å². The van der Waals surface area contributed by atoms with Gasteiger partial charge >= 0.3 is 5.97 Å². The fourth-order valence-electron chi connectivity index (χ4n) is 5.21. The molecule has 1 aliphatic rings. The number of thiazole rings is 1. The maximum Gasteiger partial charge on any atom is 0.338 e. The van der Waals surface area contributed by atoms with Crippen LogP contribution in [0.2, 0.25) is 0 Å². The van der Waals surface area contributed by atoms with E-state index < -0.39 is 24.1 Å². The Hall–Kier alpha value is -4.80. The van der Waals surface area contributed by atoms with Gasteiger partial charge in [0.1, 0.15) is 28.3 Å². The van der Waals surface area contributed by atoms with Crippen LogP contribution in [0.15, 0.2) is 74.6 Å². The Morgan fingerprint density at radius 1 is 1.15 bits per heavy atom. The number of methoxy groups -OCH3 is 2. The average molecular weight is 677 g/mol. The summed E-state index contributed by atoms with van der Waals surface area (Å²) in [4.78, 5) is 36.3. The van der Waals surface area contributed by atoms with Crippen LogP contribution < -0.4 is 24.4 Å². The Morgan fingerprint density at radius 3 is 2.53 bits per heavy atom. The first-order valence-electron chi connectivity index (χ1n) is 14.4. The zero-order valence-corrected chi connectivity index (χ0v) is 27.8. The number of carbonyl (C=O) groups excluding carboxylic acids is 1. The number of thioether (sulfide) groups is 1. The number of esters is 1. The monoisotopic (exact) mass is 676 g/mol. The van der Waals surface area contributed by atoms with Gasteiger partial charge in [0.15, 0.2) is 4.80 Å². The average Bonchev–Trinajstić information content (AvgIpc) is 3.36. The highest BCUT2D eigenvalue weighted by Gasteiger charge is 2.33. The van der Waals surface area contributed by atoms with E-state index in [1.54, 1.807) is 70.4 Å². The van der Waals surface area contributed by atoms with Crippen molar-refractivity contribution in [2.45, 2.75) is 44.0 Å². The van der Waals surface area contributed by atoms with Crippen molar-refractivity contribution in [3.8, 4) is 17.6 Å². The van der Waals surface area contributed by atoms with Crippen molar-refractivity contribution in [3.05, 3.63) is 113 Å². The molecule has 0 fully saturated rings. The van der Waals surface area contributed by atoms with Crippen LogP contribution in [-0.2, 0) is 15.3 Å². The number of aromatic nitrogens is 2. The lowest BCUT2D eigenvalue weighted by Crippen LogP contribution is -2.39. The molecular weight excluding hydrogens is 647 g/mol. The SMILES string of the molecule is CCOC(=O)C1=C(C)N=c2sc(=Cc3ccc(OC)c(CSc4nc(C(F)F)cc(C)c4C#N)c3)c(=O)n2[C@@H]1c1ccc(OC)cc1. The molecule has 1 atom stereocenters. The van der Waals surface area contributed by atoms with Gasteiger partial charge in [-0.3, -0.25) is 9.36 Å². The van der Waals surface area contributed by atoms with E-state index in [9.17, 15) is 23.6 Å². The molecule has 0 aliphatic carbocycles. The molecule has 1 aliphatic heterocycles. The number of ether oxygens (including phenoxy) is 3. The number of alkyl halides is 2. The van der Waals surface area contributed by atoms with Crippen LogP contribution >= 0.6 is 23.1 Å². The second-order valence-corrected chi connectivity index (χ2v) is 12.4. The van der Waals surface area contributed by atoms with Gasteiger partial charge in [0.05, 0.1) is 48.2 Å². The summed E-state index contributed by atoms with van der Waals surface area (Å²) in [5.41, 5.74) is 2.74. The molecule has 0 spiro atoms. The first-order chi connectivity index (χ1) is 22.6. The largest absolute Gasteiger partial charge is 0.497 e. The van der Waals surface area contributed by atoms with Crippen LogP contribution in [-0.4, -0.2) is 36.3 Å². The van der Waals surface area contributed by atoms with Crippen molar-refractivity contribution in [1.29, 1.82) is 5.26 Å². The fourth-order valence-corrected chi connectivity index (χ4v) is 7.30. The predicted molar refractivity (Wildman–Crippen MR) is 175 cm³/mol. The van der Waals surface area contributed by atoms with E-state index in [-0.39, 0.29) is 34.1 Å². The number of nitriles is 1. The van der Waals surface area contributed by atoms with E-state index in [0.29, 0.717) is 48.8 Å². The summed E-state index contributed by atoms with van der Waals surface area (Å²) >= 11 is 2.34. The van der Waals surface area contributed by atoms with Gasteiger partial charge in [-0.25, -0.2) is 23.6 Å². The lowest BCUT2D eigenvalue weighted by atomic mass is 9.96. The molecule has 0 radical (unpaired) electrons. The number of aryl methyl sites for hydroxylation is 1. The Labute approximate surface area is 277 Å². The minimum Gasteiger partial charge on any atom is -0.497 e. The highest BCUT2D eigenvalue weighted by atomic mass is 32.2. The molecule has 2 aromatic heterocycles. The van der Waals surface area contributed by atoms with Crippen LogP contribution in [0.3, 0.4) is 0 Å². The van der Waals surface area contributed by atoms with Crippen molar-refractivity contribution in [2.24, 2.45) is 4.99 Å². The molecule has 0 unspecified atom stereocenters. The summed E-state index contributed by atoms with van der Waals surface area (Å²) in [6.07, 6.45) is -1.04. The molecule has 0 saturated heterocycles. The number of halogens is 2. The third-order valence-electron chi connectivity index (χ3n) is 7.45. The van der Waals surface area contributed by atoms with Gasteiger partial charge in [-0.05, 0) is 73.9 Å². The van der Waals surface area contributed by atoms with Crippen molar-refractivity contribution in [1.82, 2.24) is 9.55 Å². The van der Waals surface area contributed by atoms with Crippen LogP contribution in [0.1, 0.15) is 59.8 Å². The van der Waals surface area contributed by atoms with Crippen LogP contribution in [0.5, 0.6) is 11.5 Å². The lowest BCUT2D eigenvalue weighted by Gasteiger charge is -2.24. The lowest BCUT2D eigenvalue weighted by molar-refractivity contribution is -0.139. The fraction of sp³-hybridized carbons (Fsp3) is 0.265. The molecule has 0 saturated carbocycles. The summed E-state index contributed by atoms with van der Waals surface area (Å²) in [5.74, 6) is 0.888. The molecule has 0 bridgehead atoms. The normalized spacial score (nSPS) is 14.4. The van der Waals surface area contributed by atoms with Crippen molar-refractivity contribution in [3.63, 3.8) is 0 Å². The standard InChI is InChI=1S/C34H30F2N4O5S2/c1-6-45-33(42)28-19(3)38-34-40(29(28)21-8-10-23(43-4)11-9-21)32(41)27(47-34)15-20-7-12-26(44-5)22(14-20)17-46-31-24(16-37)18(2)13-25(39-31)30(35)36/h7-15,29-30H,6,17H2,1-5H3/t29-/m1/s1. The molecule has 2 aromatic carbocycles. The number of rotatable bonds is 10. The predicted octanol–water partition coefficient (Wildman–Crippen LogP) is 5.62. The van der Waals surface area contributed by atoms with Gasteiger partial charge in [-0.15, -0.1) is 11.8 Å². The highest BCUT2D eigenvalue weighted by molar-refractivity contribution is 7.98. The minimum atomic E-state index is -2.77. The zero-order chi connectivity index (χ0) is 33.8. The second-order valence-electron chi connectivity index (χ2n) is 10.4. The molecule has 242 valence electrons. The quantitative estimate of drug-likeness (QED) is 0.157. The number of hydrogen-bond acceptors (Lipinski definition) is 10. The summed E-state index contributed by atoms with van der Waals surface area (Å²) in [6, 6.07) is 15.0. The van der Waals surface area contributed by atoms with Gasteiger partial charge in [0.2, 0.25) is 0 Å². The number of fused-ring (bicyclic) bond motifs is 1. The Kier molecular flexibility index (Phi) is 10.2. The van der Waals surface area contributed by atoms with E-state index in [2.05, 4.69) is 16.0 Å². The van der Waals surface area contributed by atoms with Crippen LogP contribution in [0, 0.1) is 18.3 Å². The topological polar surface area (TPSA) is 116 Å². The Morgan fingerprint density at radius 2 is 1.89 bits per heavy atom. The number of hydrogen-bond donors (Lipinski definition) is 0. The second kappa shape index (κ2) is 14.3. The molecular formula is C34H30F2N4O5S2. The van der Waals surface area contributed by atoms with Crippen molar-refractivity contribution in [2.75, 3.05) is 20.8 Å². The zero-order valence-electron chi connectivity index (χ0n) is 26.2. The molecule has 13 heteroatoms. The van der Waals surface area contributed by atoms with E-state index in [0.717, 1.165) is 11.8 Å². The summed E-state index contributed by atoms with van der Waals surface area (Å²) < 4.78 is 45.0. The number of benzene rings is 2. The summed E-state index contributed by atoms with van der Waals surface area (Å²) in [5, 5.41) is 9.85. The maximum absolute atomic E-state index is 14.0. The minimum absolute atomic E-state index is 0.165. The Bertz CT molecular complexity index is 2100. The molecule has 47 heavy (non-hydrogen) atoms. The molecule has 0 N–H and O–H groups in total. The molecule has 9 nitrogen and oxygen atoms in total. The van der Waals surface area contributed by atoms with Gasteiger partial charge in [-0.2, -0.15) is 5.26 Å². The van der Waals surface area contributed by atoms with Crippen molar-refractivity contribution < 1.29 is 27.8 Å². The number of carbonyl (C=O) groups is 1. The third-order valence-corrected chi connectivity index (χ3v) is 9.46. The van der Waals surface area contributed by atoms with Gasteiger partial charge in [0, 0.05) is 11.3 Å². The van der Waals surface area contributed by atoms with E-state index in [4.69, 9.17) is 14.2 Å². The molecule has 3 heterocycles.